The van der Waals surface area contributed by atoms with Gasteiger partial charge in [0.15, 0.2) is 23.2 Å². The van der Waals surface area contributed by atoms with Crippen molar-refractivity contribution in [2.45, 2.75) is 12.8 Å². The smallest absolute Gasteiger partial charge is 0.404 e. The van der Waals surface area contributed by atoms with Gasteiger partial charge in [-0.25, -0.2) is 8.78 Å². The Morgan fingerprint density at radius 1 is 1.03 bits per heavy atom. The Balaban J connectivity index is 1.49. The highest BCUT2D eigenvalue weighted by Gasteiger charge is 2.33. The Labute approximate surface area is 218 Å². The molecule has 1 fully saturated rings. The third-order valence-electron chi connectivity index (χ3n) is 5.71. The van der Waals surface area contributed by atoms with Crippen molar-refractivity contribution in [1.82, 2.24) is 20.0 Å². The zero-order chi connectivity index (χ0) is 27.4. The average Bonchev–Trinajstić information content (AvgIpc) is 3.31. The second-order valence-electron chi connectivity index (χ2n) is 8.62. The van der Waals surface area contributed by atoms with Gasteiger partial charge in [0, 0.05) is 37.3 Å². The lowest BCUT2D eigenvalue weighted by atomic mass is 10.1. The minimum Gasteiger partial charge on any atom is -0.404 e. The van der Waals surface area contributed by atoms with Gasteiger partial charge < -0.3 is 15.0 Å². The Morgan fingerprint density at radius 2 is 1.76 bits per heavy atom. The number of ketones is 1. The molecule has 0 saturated carbocycles. The first-order valence-electron chi connectivity index (χ1n) is 11.4. The van der Waals surface area contributed by atoms with E-state index < -0.39 is 35.4 Å². The Kier molecular flexibility index (Phi) is 8.33. The van der Waals surface area contributed by atoms with Crippen molar-refractivity contribution in [3.63, 3.8) is 0 Å². The van der Waals surface area contributed by atoms with Crippen molar-refractivity contribution >= 4 is 28.7 Å². The highest BCUT2D eigenvalue weighted by Crippen LogP contribution is 2.32. The maximum atomic E-state index is 13.5. The van der Waals surface area contributed by atoms with Crippen LogP contribution in [0.3, 0.4) is 0 Å². The van der Waals surface area contributed by atoms with Gasteiger partial charge in [0.1, 0.15) is 10.0 Å². The molecule has 1 saturated heterocycles. The van der Waals surface area contributed by atoms with Crippen molar-refractivity contribution in [2.75, 3.05) is 45.1 Å². The van der Waals surface area contributed by atoms with E-state index in [0.29, 0.717) is 13.1 Å². The quantitative estimate of drug-likeness (QED) is 0.332. The first-order chi connectivity index (χ1) is 18.0. The average molecular weight is 556 g/mol. The van der Waals surface area contributed by atoms with Gasteiger partial charge in [0.05, 0.1) is 18.7 Å². The first kappa shape index (κ1) is 27.5. The van der Waals surface area contributed by atoms with Gasteiger partial charge in [-0.1, -0.05) is 11.3 Å². The van der Waals surface area contributed by atoms with E-state index in [4.69, 9.17) is 0 Å². The number of nitrogens with zero attached hydrogens (tertiary/aromatic N) is 4. The number of anilines is 1. The predicted molar refractivity (Wildman–Crippen MR) is 129 cm³/mol. The van der Waals surface area contributed by atoms with Crippen molar-refractivity contribution in [2.24, 2.45) is 0 Å². The lowest BCUT2D eigenvalue weighted by Crippen LogP contribution is -2.47. The van der Waals surface area contributed by atoms with Gasteiger partial charge in [-0.2, -0.15) is 0 Å². The third kappa shape index (κ3) is 7.30. The first-order valence-corrected chi connectivity index (χ1v) is 12.2. The highest BCUT2D eigenvalue weighted by molar-refractivity contribution is 7.14. The number of halogens is 5. The van der Waals surface area contributed by atoms with Gasteiger partial charge >= 0.3 is 6.36 Å². The molecule has 0 bridgehead atoms. The third-order valence-corrected chi connectivity index (χ3v) is 6.68. The summed E-state index contributed by atoms with van der Waals surface area (Å²) in [6.07, 6.45) is -5.26. The number of alkyl halides is 3. The maximum Gasteiger partial charge on any atom is 0.573 e. The summed E-state index contributed by atoms with van der Waals surface area (Å²) in [7, 11) is 1.95. The number of rotatable bonds is 8. The van der Waals surface area contributed by atoms with Crippen molar-refractivity contribution in [1.29, 1.82) is 0 Å². The van der Waals surface area contributed by atoms with Gasteiger partial charge in [-0.3, -0.25) is 14.5 Å². The summed E-state index contributed by atoms with van der Waals surface area (Å²) in [5.74, 6) is -3.79. The molecule has 1 aromatic heterocycles. The molecule has 8 nitrogen and oxygen atoms in total. The number of hydrogen-bond acceptors (Lipinski definition) is 8. The van der Waals surface area contributed by atoms with Gasteiger partial charge in [-0.05, 0) is 43.4 Å². The SMILES string of the molecule is CN1CCN(CC(=O)Nc2cc(C(=O)Cc3nnc(-c4ccc(F)c(F)c4)s3)ccc2OC(F)(F)F)CC1. The molecule has 4 rings (SSSR count). The van der Waals surface area contributed by atoms with Crippen LogP contribution < -0.4 is 10.1 Å². The van der Waals surface area contributed by atoms with Crippen molar-refractivity contribution < 1.29 is 36.3 Å². The molecule has 0 atom stereocenters. The molecule has 0 radical (unpaired) electrons. The number of Topliss-reactive ketones (excluding diaryl/α,β-unsaturated/α-hetero) is 1. The predicted octanol–water partition coefficient (Wildman–Crippen LogP) is 3.99. The number of likely N-dealkylation sites (N-methyl/N-ethyl adjacent to an activating group) is 1. The van der Waals surface area contributed by atoms with Crippen LogP contribution in [0, 0.1) is 11.6 Å². The van der Waals surface area contributed by atoms with E-state index >= 15 is 0 Å². The molecule has 14 heteroatoms. The minimum atomic E-state index is -5.01. The lowest BCUT2D eigenvalue weighted by Gasteiger charge is -2.31. The van der Waals surface area contributed by atoms with E-state index in [9.17, 15) is 31.5 Å². The van der Waals surface area contributed by atoms with Crippen LogP contribution in [-0.4, -0.2) is 77.8 Å². The number of ether oxygens (including phenoxy) is 1. The molecule has 2 aromatic carbocycles. The van der Waals surface area contributed by atoms with Gasteiger partial charge in [-0.15, -0.1) is 23.4 Å². The molecule has 38 heavy (non-hydrogen) atoms. The summed E-state index contributed by atoms with van der Waals surface area (Å²) >= 11 is 0.985. The van der Waals surface area contributed by atoms with Crippen LogP contribution in [0.25, 0.3) is 10.6 Å². The topological polar surface area (TPSA) is 87.7 Å². The van der Waals surface area contributed by atoms with E-state index in [1.54, 1.807) is 0 Å². The summed E-state index contributed by atoms with van der Waals surface area (Å²) in [5.41, 5.74) is -0.00913. The van der Waals surface area contributed by atoms with Crippen LogP contribution in [0.5, 0.6) is 5.75 Å². The molecule has 0 spiro atoms. The van der Waals surface area contributed by atoms with Crippen LogP contribution in [0.4, 0.5) is 27.6 Å². The van der Waals surface area contributed by atoms with Gasteiger partial charge in [0.25, 0.3) is 0 Å². The molecule has 1 N–H and O–H groups in total. The van der Waals surface area contributed by atoms with Crippen LogP contribution >= 0.6 is 11.3 Å². The summed E-state index contributed by atoms with van der Waals surface area (Å²) in [4.78, 5) is 29.4. The Hall–Kier alpha value is -3.49. The number of amides is 1. The fraction of sp³-hybridized carbons (Fsp3) is 0.333. The second kappa shape index (κ2) is 11.5. The number of carbonyl (C=O) groups excluding carboxylic acids is 2. The number of nitrogens with one attached hydrogen (secondary N) is 1. The summed E-state index contributed by atoms with van der Waals surface area (Å²) in [5, 5.41) is 10.7. The largest absolute Gasteiger partial charge is 0.573 e. The molecule has 2 heterocycles. The van der Waals surface area contributed by atoms with Crippen molar-refractivity contribution in [3.8, 4) is 16.3 Å². The Morgan fingerprint density at radius 3 is 2.45 bits per heavy atom. The second-order valence-corrected chi connectivity index (χ2v) is 9.68. The number of aromatic nitrogens is 2. The maximum absolute atomic E-state index is 13.5. The molecule has 1 aliphatic rings. The number of carbonyl (C=O) groups is 2. The van der Waals surface area contributed by atoms with E-state index in [-0.39, 0.29) is 39.8 Å². The summed E-state index contributed by atoms with van der Waals surface area (Å²) in [6, 6.07) is 6.44. The number of piperazine rings is 1. The minimum absolute atomic E-state index is 0.0130. The standard InChI is InChI=1S/C24H22F5N5O3S/c1-33-6-8-34(9-7-33)13-21(36)30-18-11-14(3-5-20(18)37-24(27,28)29)19(35)12-22-31-32-23(38-22)15-2-4-16(25)17(26)10-15/h2-5,10-11H,6-9,12-13H2,1H3,(H,30,36). The fourth-order valence-electron chi connectivity index (χ4n) is 3.72. The van der Waals surface area contributed by atoms with Crippen LogP contribution in [0.15, 0.2) is 36.4 Å². The highest BCUT2D eigenvalue weighted by atomic mass is 32.1. The molecule has 3 aromatic rings. The Bertz CT molecular complexity index is 1330. The number of benzene rings is 2. The van der Waals surface area contributed by atoms with Crippen molar-refractivity contribution in [3.05, 3.63) is 58.6 Å². The number of hydrogen-bond donors (Lipinski definition) is 1. The van der Waals surface area contributed by atoms with Crippen LogP contribution in [0.2, 0.25) is 0 Å². The molecular formula is C24H22F5N5O3S. The van der Waals surface area contributed by atoms with Gasteiger partial charge in [0.2, 0.25) is 5.91 Å². The lowest BCUT2D eigenvalue weighted by molar-refractivity contribution is -0.274. The molecule has 1 aliphatic heterocycles. The normalized spacial score (nSPS) is 14.9. The molecule has 0 unspecified atom stereocenters. The van der Waals surface area contributed by atoms with Crippen LogP contribution in [0.1, 0.15) is 15.4 Å². The van der Waals surface area contributed by atoms with Crippen LogP contribution in [-0.2, 0) is 11.2 Å². The van der Waals surface area contributed by atoms with E-state index in [1.165, 1.54) is 6.07 Å². The summed E-state index contributed by atoms with van der Waals surface area (Å²) < 4.78 is 69.5. The fourth-order valence-corrected chi connectivity index (χ4v) is 4.56. The van der Waals surface area contributed by atoms with E-state index in [1.807, 2.05) is 11.9 Å². The zero-order valence-electron chi connectivity index (χ0n) is 20.0. The van der Waals surface area contributed by atoms with E-state index in [2.05, 4.69) is 25.2 Å². The molecule has 202 valence electrons. The van der Waals surface area contributed by atoms with E-state index in [0.717, 1.165) is 54.8 Å². The molecule has 0 aliphatic carbocycles. The summed E-state index contributed by atoms with van der Waals surface area (Å²) in [6.45, 7) is 2.73. The molecular weight excluding hydrogens is 533 g/mol. The monoisotopic (exact) mass is 555 g/mol. The zero-order valence-corrected chi connectivity index (χ0v) is 20.8. The molecule has 1 amide bonds.